The highest BCUT2D eigenvalue weighted by atomic mass is 19.1. The van der Waals surface area contributed by atoms with Gasteiger partial charge in [-0.3, -0.25) is 9.69 Å². The van der Waals surface area contributed by atoms with Crippen LogP contribution in [0.1, 0.15) is 24.5 Å². The number of carbonyl (C=O) groups is 2. The molecule has 140 valence electrons. The summed E-state index contributed by atoms with van der Waals surface area (Å²) in [6, 6.07) is 2.96. The molecule has 3 aliphatic rings. The van der Waals surface area contributed by atoms with E-state index >= 15 is 0 Å². The first kappa shape index (κ1) is 17.3. The average Bonchev–Trinajstić information content (AvgIpc) is 3.16. The maximum Gasteiger partial charge on any atom is 0.415 e. The number of anilines is 1. The second-order valence-corrected chi connectivity index (χ2v) is 6.95. The molecule has 1 N–H and O–H groups in total. The van der Waals surface area contributed by atoms with Crippen LogP contribution in [0.4, 0.5) is 14.9 Å². The average molecular weight is 370 g/mol. The topological polar surface area (TPSA) is 66.2 Å². The molecule has 0 radical (unpaired) electrons. The highest BCUT2D eigenvalue weighted by Gasteiger charge is 2.47. The number of ether oxygens (including phenoxy) is 1. The molecule has 1 fully saturated rings. The quantitative estimate of drug-likeness (QED) is 0.828. The van der Waals surface area contributed by atoms with E-state index in [0.717, 1.165) is 11.1 Å². The molecule has 3 aliphatic heterocycles. The van der Waals surface area contributed by atoms with Gasteiger partial charge in [-0.25, -0.2) is 9.18 Å². The fraction of sp³-hybridized carbons (Fsp3) is 0.421. The molecule has 0 spiro atoms. The molecule has 0 bridgehead atoms. The standard InChI is InChI=1S/C19H19FN4O3/c1-11(25)22-10-18-17-8-13-7-14(12-3-5-23(21-2)6-4-12)15(20)9-16(13)24(17)19(26)27-18/h3,7,9,17-18H,4-6,8,10H2,1H3,(H,22,25)/t17-,18-/m0/s1. The Morgan fingerprint density at radius 3 is 2.96 bits per heavy atom. The molecular weight excluding hydrogens is 351 g/mol. The van der Waals surface area contributed by atoms with E-state index in [1.165, 1.54) is 17.9 Å². The first-order valence-corrected chi connectivity index (χ1v) is 8.86. The number of halogens is 1. The molecule has 8 heteroatoms. The molecule has 3 heterocycles. The van der Waals surface area contributed by atoms with Gasteiger partial charge in [0, 0.05) is 12.5 Å². The van der Waals surface area contributed by atoms with Crippen LogP contribution in [0.15, 0.2) is 18.2 Å². The van der Waals surface area contributed by atoms with Crippen molar-refractivity contribution in [3.05, 3.63) is 46.7 Å². The summed E-state index contributed by atoms with van der Waals surface area (Å²) in [4.78, 5) is 28.3. The lowest BCUT2D eigenvalue weighted by Crippen LogP contribution is -2.40. The fourth-order valence-corrected chi connectivity index (χ4v) is 3.95. The zero-order valence-electron chi connectivity index (χ0n) is 14.9. The Hall–Kier alpha value is -3.08. The lowest BCUT2D eigenvalue weighted by Gasteiger charge is -2.19. The fourth-order valence-electron chi connectivity index (χ4n) is 3.95. The van der Waals surface area contributed by atoms with E-state index < -0.39 is 12.2 Å². The molecular formula is C19H19FN4O3. The van der Waals surface area contributed by atoms with Gasteiger partial charge in [-0.05, 0) is 36.1 Å². The highest BCUT2D eigenvalue weighted by molar-refractivity contribution is 5.94. The van der Waals surface area contributed by atoms with Gasteiger partial charge in [0.2, 0.25) is 5.91 Å². The van der Waals surface area contributed by atoms with Crippen molar-refractivity contribution in [1.29, 1.82) is 0 Å². The van der Waals surface area contributed by atoms with Crippen LogP contribution in [0.3, 0.4) is 0 Å². The predicted molar refractivity (Wildman–Crippen MR) is 96.1 cm³/mol. The third-order valence-electron chi connectivity index (χ3n) is 5.29. The van der Waals surface area contributed by atoms with Crippen LogP contribution in [0.25, 0.3) is 10.5 Å². The molecule has 1 saturated heterocycles. The van der Waals surface area contributed by atoms with E-state index in [9.17, 15) is 14.0 Å². The van der Waals surface area contributed by atoms with Gasteiger partial charge in [-0.2, -0.15) is 11.5 Å². The second-order valence-electron chi connectivity index (χ2n) is 6.95. The van der Waals surface area contributed by atoms with Gasteiger partial charge in [0.25, 0.3) is 0 Å². The van der Waals surface area contributed by atoms with Crippen molar-refractivity contribution in [1.82, 2.24) is 10.3 Å². The van der Waals surface area contributed by atoms with Crippen LogP contribution >= 0.6 is 0 Å². The van der Waals surface area contributed by atoms with Crippen LogP contribution in [0, 0.1) is 12.4 Å². The van der Waals surface area contributed by atoms with Gasteiger partial charge in [0.05, 0.1) is 24.8 Å². The maximum absolute atomic E-state index is 14.8. The largest absolute Gasteiger partial charge is 0.442 e. The number of amides is 2. The summed E-state index contributed by atoms with van der Waals surface area (Å²) in [5.41, 5.74) is 2.86. The van der Waals surface area contributed by atoms with Gasteiger partial charge in [-0.1, -0.05) is 6.08 Å². The van der Waals surface area contributed by atoms with E-state index in [0.29, 0.717) is 37.2 Å². The monoisotopic (exact) mass is 370 g/mol. The molecule has 7 nitrogen and oxygen atoms in total. The van der Waals surface area contributed by atoms with Gasteiger partial charge in [-0.15, -0.1) is 5.01 Å². The van der Waals surface area contributed by atoms with Crippen LogP contribution in [0.5, 0.6) is 0 Å². The zero-order chi connectivity index (χ0) is 19.1. The van der Waals surface area contributed by atoms with Crippen LogP contribution in [-0.2, 0) is 16.0 Å². The van der Waals surface area contributed by atoms with Crippen molar-refractivity contribution >= 4 is 23.3 Å². The third kappa shape index (κ3) is 2.99. The Morgan fingerprint density at radius 1 is 1.48 bits per heavy atom. The Bertz CT molecular complexity index is 892. The summed E-state index contributed by atoms with van der Waals surface area (Å²) >= 11 is 0. The Kier molecular flexibility index (Phi) is 4.22. The summed E-state index contributed by atoms with van der Waals surface area (Å²) in [5, 5.41) is 4.28. The molecule has 1 aromatic rings. The van der Waals surface area contributed by atoms with Crippen molar-refractivity contribution < 1.29 is 18.7 Å². The minimum absolute atomic E-state index is 0.189. The SMILES string of the molecule is [C-]#[N+]N1CC=C(c2cc3c(cc2F)N2C(=O)O[C@@H](CNC(C)=O)[C@@H]2C3)CC1. The lowest BCUT2D eigenvalue weighted by molar-refractivity contribution is -0.119. The normalized spacial score (nSPS) is 23.3. The number of nitrogens with one attached hydrogen (secondary N) is 1. The Labute approximate surface area is 156 Å². The number of rotatable bonds is 3. The van der Waals surface area contributed by atoms with Crippen molar-refractivity contribution in [2.45, 2.75) is 31.9 Å². The van der Waals surface area contributed by atoms with Crippen LogP contribution in [-0.4, -0.2) is 48.8 Å². The molecule has 4 rings (SSSR count). The number of hydrogen-bond acceptors (Lipinski definition) is 4. The van der Waals surface area contributed by atoms with E-state index in [1.807, 2.05) is 12.1 Å². The Morgan fingerprint density at radius 2 is 2.30 bits per heavy atom. The summed E-state index contributed by atoms with van der Waals surface area (Å²) < 4.78 is 20.1. The highest BCUT2D eigenvalue weighted by Crippen LogP contribution is 2.41. The van der Waals surface area contributed by atoms with Gasteiger partial charge in [0.15, 0.2) is 0 Å². The van der Waals surface area contributed by atoms with Crippen molar-refractivity contribution in [3.63, 3.8) is 0 Å². The number of hydrogen-bond donors (Lipinski definition) is 1. The summed E-state index contributed by atoms with van der Waals surface area (Å²) in [7, 11) is 0. The lowest BCUT2D eigenvalue weighted by atomic mass is 9.96. The summed E-state index contributed by atoms with van der Waals surface area (Å²) in [6.07, 6.45) is 2.08. The van der Waals surface area contributed by atoms with E-state index in [2.05, 4.69) is 10.3 Å². The minimum Gasteiger partial charge on any atom is -0.442 e. The van der Waals surface area contributed by atoms with Crippen LogP contribution < -0.4 is 10.2 Å². The molecule has 0 saturated carbocycles. The number of carbonyl (C=O) groups excluding carboxylic acids is 2. The van der Waals surface area contributed by atoms with Gasteiger partial charge >= 0.3 is 6.09 Å². The molecule has 0 aromatic heterocycles. The molecule has 2 atom stereocenters. The molecule has 27 heavy (non-hydrogen) atoms. The van der Waals surface area contributed by atoms with E-state index in [4.69, 9.17) is 11.3 Å². The minimum atomic E-state index is -0.508. The van der Waals surface area contributed by atoms with Crippen molar-refractivity contribution in [2.24, 2.45) is 0 Å². The third-order valence-corrected chi connectivity index (χ3v) is 5.29. The Balaban J connectivity index is 1.60. The summed E-state index contributed by atoms with van der Waals surface area (Å²) in [6.45, 7) is 9.76. The summed E-state index contributed by atoms with van der Waals surface area (Å²) in [5.74, 6) is -0.568. The van der Waals surface area contributed by atoms with Gasteiger partial charge < -0.3 is 10.1 Å². The number of cyclic esters (lactones) is 1. The number of benzene rings is 1. The number of fused-ring (bicyclic) bond motifs is 3. The van der Waals surface area contributed by atoms with Crippen molar-refractivity contribution in [2.75, 3.05) is 24.5 Å². The predicted octanol–water partition coefficient (Wildman–Crippen LogP) is 2.14. The molecule has 1 aromatic carbocycles. The van der Waals surface area contributed by atoms with Crippen LogP contribution in [0.2, 0.25) is 0 Å². The first-order chi connectivity index (χ1) is 13.0. The van der Waals surface area contributed by atoms with E-state index in [1.54, 1.807) is 5.01 Å². The molecule has 0 unspecified atom stereocenters. The smallest absolute Gasteiger partial charge is 0.415 e. The maximum atomic E-state index is 14.8. The molecule has 0 aliphatic carbocycles. The molecule has 2 amide bonds. The second kappa shape index (κ2) is 6.58. The zero-order valence-corrected chi connectivity index (χ0v) is 14.9. The first-order valence-electron chi connectivity index (χ1n) is 8.86. The van der Waals surface area contributed by atoms with Gasteiger partial charge in [0.1, 0.15) is 18.5 Å². The van der Waals surface area contributed by atoms with Crippen molar-refractivity contribution in [3.8, 4) is 0 Å². The number of nitrogens with zero attached hydrogens (tertiary/aromatic N) is 3. The van der Waals surface area contributed by atoms with E-state index in [-0.39, 0.29) is 24.3 Å².